The fraction of sp³-hybridized carbons (Fsp3) is 0.500. The zero-order valence-electron chi connectivity index (χ0n) is 16.3. The second kappa shape index (κ2) is 7.50. The minimum absolute atomic E-state index is 0.0856. The van der Waals surface area contributed by atoms with Crippen LogP contribution in [0.4, 0.5) is 8.78 Å². The van der Waals surface area contributed by atoms with Gasteiger partial charge in [-0.15, -0.1) is 0 Å². The van der Waals surface area contributed by atoms with Gasteiger partial charge in [-0.25, -0.2) is 18.3 Å². The number of aryl methyl sites for hydroxylation is 2. The minimum atomic E-state index is -2.63. The van der Waals surface area contributed by atoms with E-state index >= 15 is 0 Å². The van der Waals surface area contributed by atoms with Crippen molar-refractivity contribution in [2.75, 3.05) is 13.1 Å². The molecular weight excluding hydrogens is 362 g/mol. The predicted octanol–water partition coefficient (Wildman–Crippen LogP) is 3.70. The van der Waals surface area contributed by atoms with Crippen molar-refractivity contribution in [1.29, 1.82) is 0 Å². The summed E-state index contributed by atoms with van der Waals surface area (Å²) in [4.78, 5) is 14.8. The zero-order chi connectivity index (χ0) is 19.8. The van der Waals surface area contributed by atoms with Crippen LogP contribution in [0.2, 0.25) is 0 Å². The fourth-order valence-electron chi connectivity index (χ4n) is 4.17. The van der Waals surface area contributed by atoms with E-state index in [9.17, 15) is 8.78 Å². The number of hydrogen-bond donors (Lipinski definition) is 0. The maximum Gasteiger partial charge on any atom is 0.280 e. The Kier molecular flexibility index (Phi) is 5.05. The van der Waals surface area contributed by atoms with Crippen LogP contribution in [0.5, 0.6) is 0 Å². The summed E-state index contributed by atoms with van der Waals surface area (Å²) in [6.07, 6.45) is -0.260. The summed E-state index contributed by atoms with van der Waals surface area (Å²) in [6.45, 7) is 8.76. The van der Waals surface area contributed by atoms with E-state index in [1.807, 2.05) is 13.8 Å². The van der Waals surface area contributed by atoms with E-state index in [1.165, 1.54) is 18.0 Å². The highest BCUT2D eigenvalue weighted by Crippen LogP contribution is 2.34. The molecule has 0 N–H and O–H groups in total. The molecule has 0 aliphatic carbocycles. The molecule has 0 unspecified atom stereocenters. The predicted molar refractivity (Wildman–Crippen MR) is 101 cm³/mol. The number of likely N-dealkylation sites (tertiary alicyclic amines) is 1. The molecule has 3 aromatic rings. The molecule has 3 aromatic heterocycles. The van der Waals surface area contributed by atoms with Gasteiger partial charge in [-0.2, -0.15) is 10.1 Å². The van der Waals surface area contributed by atoms with Gasteiger partial charge in [-0.3, -0.25) is 9.88 Å². The van der Waals surface area contributed by atoms with Crippen LogP contribution in [0.25, 0.3) is 5.78 Å². The van der Waals surface area contributed by atoms with E-state index in [-0.39, 0.29) is 17.4 Å². The van der Waals surface area contributed by atoms with Crippen molar-refractivity contribution in [3.05, 3.63) is 52.9 Å². The third-order valence-electron chi connectivity index (χ3n) is 5.49. The van der Waals surface area contributed by atoms with Gasteiger partial charge in [-0.1, -0.05) is 6.92 Å². The zero-order valence-corrected chi connectivity index (χ0v) is 16.3. The number of alkyl halides is 2. The van der Waals surface area contributed by atoms with Crippen LogP contribution in [-0.2, 0) is 6.54 Å². The summed E-state index contributed by atoms with van der Waals surface area (Å²) in [5.41, 5.74) is 3.78. The maximum atomic E-state index is 13.3. The molecule has 1 saturated heterocycles. The number of nitrogens with zero attached hydrogens (tertiary/aromatic N) is 6. The van der Waals surface area contributed by atoms with E-state index in [0.29, 0.717) is 5.92 Å². The Morgan fingerprint density at radius 3 is 2.61 bits per heavy atom. The van der Waals surface area contributed by atoms with Gasteiger partial charge < -0.3 is 0 Å². The first-order valence-electron chi connectivity index (χ1n) is 9.56. The van der Waals surface area contributed by atoms with Gasteiger partial charge in [0.1, 0.15) is 12.0 Å². The fourth-order valence-corrected chi connectivity index (χ4v) is 4.17. The van der Waals surface area contributed by atoms with E-state index in [0.717, 1.165) is 43.1 Å². The van der Waals surface area contributed by atoms with Crippen LogP contribution >= 0.6 is 0 Å². The molecule has 1 aliphatic rings. The molecule has 4 heterocycles. The number of piperidine rings is 1. The molecule has 4 rings (SSSR count). The second-order valence-electron chi connectivity index (χ2n) is 7.74. The topological polar surface area (TPSA) is 59.2 Å². The summed E-state index contributed by atoms with van der Waals surface area (Å²) >= 11 is 0. The molecule has 2 atom stereocenters. The lowest BCUT2D eigenvalue weighted by molar-refractivity contribution is 0.143. The van der Waals surface area contributed by atoms with Gasteiger partial charge in [-0.05, 0) is 56.5 Å². The molecule has 0 aromatic carbocycles. The molecule has 148 valence electrons. The Morgan fingerprint density at radius 1 is 1.14 bits per heavy atom. The molecule has 28 heavy (non-hydrogen) atoms. The molecule has 0 bridgehead atoms. The van der Waals surface area contributed by atoms with E-state index in [2.05, 4.69) is 44.0 Å². The number of halogens is 2. The minimum Gasteiger partial charge on any atom is -0.298 e. The molecule has 6 nitrogen and oxygen atoms in total. The van der Waals surface area contributed by atoms with Gasteiger partial charge >= 0.3 is 0 Å². The summed E-state index contributed by atoms with van der Waals surface area (Å²) in [5, 5.41) is 4.23. The Morgan fingerprint density at radius 2 is 1.89 bits per heavy atom. The summed E-state index contributed by atoms with van der Waals surface area (Å²) in [6, 6.07) is 5.71. The largest absolute Gasteiger partial charge is 0.298 e. The third kappa shape index (κ3) is 3.73. The molecular formula is C20H24F2N6. The first-order valence-corrected chi connectivity index (χ1v) is 9.56. The Bertz CT molecular complexity index is 966. The summed E-state index contributed by atoms with van der Waals surface area (Å²) in [7, 11) is 0. The van der Waals surface area contributed by atoms with Crippen LogP contribution in [0.1, 0.15) is 54.0 Å². The van der Waals surface area contributed by atoms with Crippen molar-refractivity contribution >= 4 is 5.78 Å². The van der Waals surface area contributed by atoms with E-state index in [4.69, 9.17) is 0 Å². The highest BCUT2D eigenvalue weighted by atomic mass is 19.3. The highest BCUT2D eigenvalue weighted by molar-refractivity contribution is 5.33. The lowest BCUT2D eigenvalue weighted by Gasteiger charge is -2.37. The van der Waals surface area contributed by atoms with Crippen molar-refractivity contribution < 1.29 is 8.78 Å². The lowest BCUT2D eigenvalue weighted by atomic mass is 9.84. The van der Waals surface area contributed by atoms with Gasteiger partial charge in [0, 0.05) is 30.4 Å². The molecule has 0 amide bonds. The molecule has 0 radical (unpaired) electrons. The Labute approximate surface area is 162 Å². The molecule has 0 saturated carbocycles. The smallest absolute Gasteiger partial charge is 0.280 e. The second-order valence-corrected chi connectivity index (χ2v) is 7.74. The lowest BCUT2D eigenvalue weighted by Crippen LogP contribution is -2.38. The molecule has 1 fully saturated rings. The monoisotopic (exact) mass is 386 g/mol. The quantitative estimate of drug-likeness (QED) is 0.684. The van der Waals surface area contributed by atoms with E-state index < -0.39 is 6.43 Å². The first kappa shape index (κ1) is 18.9. The van der Waals surface area contributed by atoms with Crippen molar-refractivity contribution in [2.24, 2.45) is 5.92 Å². The van der Waals surface area contributed by atoms with Gasteiger partial charge in [0.25, 0.3) is 12.2 Å². The summed E-state index contributed by atoms with van der Waals surface area (Å²) < 4.78 is 28.3. The van der Waals surface area contributed by atoms with Crippen molar-refractivity contribution in [3.63, 3.8) is 0 Å². The molecule has 8 heteroatoms. The average molecular weight is 386 g/mol. The van der Waals surface area contributed by atoms with Crippen LogP contribution < -0.4 is 0 Å². The first-order chi connectivity index (χ1) is 13.4. The van der Waals surface area contributed by atoms with Gasteiger partial charge in [0.15, 0.2) is 0 Å². The SMILES string of the molecule is Cc1cc(CN2CC[C@@H](C)[C@@H](c3cc(C(F)F)nc4ncnn34)C2)cc(C)n1. The number of fused-ring (bicyclic) bond motifs is 1. The van der Waals surface area contributed by atoms with E-state index in [1.54, 1.807) is 4.52 Å². The Balaban J connectivity index is 1.64. The summed E-state index contributed by atoms with van der Waals surface area (Å²) in [5.74, 6) is 0.678. The van der Waals surface area contributed by atoms with Crippen LogP contribution in [0.15, 0.2) is 24.5 Å². The third-order valence-corrected chi connectivity index (χ3v) is 5.49. The van der Waals surface area contributed by atoms with Gasteiger partial charge in [0.2, 0.25) is 0 Å². The average Bonchev–Trinajstić information content (AvgIpc) is 3.10. The van der Waals surface area contributed by atoms with Crippen LogP contribution in [0.3, 0.4) is 0 Å². The normalized spacial score (nSPS) is 20.9. The Hall–Kier alpha value is -2.48. The highest BCUT2D eigenvalue weighted by Gasteiger charge is 2.31. The molecule has 0 spiro atoms. The van der Waals surface area contributed by atoms with Crippen molar-refractivity contribution in [3.8, 4) is 0 Å². The van der Waals surface area contributed by atoms with Crippen molar-refractivity contribution in [1.82, 2.24) is 29.5 Å². The standard InChI is InChI=1S/C20H24F2N6/c1-12-4-5-27(9-15-6-13(2)25-14(3)7-15)10-16(12)18-8-17(19(21)22)26-20-23-11-24-28(18)20/h6-8,11-12,16,19H,4-5,9-10H2,1-3H3/t12-,16+/m1/s1. The van der Waals surface area contributed by atoms with Crippen LogP contribution in [-0.4, -0.2) is 42.6 Å². The van der Waals surface area contributed by atoms with Crippen molar-refractivity contribution in [2.45, 2.75) is 46.1 Å². The number of aromatic nitrogens is 5. The van der Waals surface area contributed by atoms with Crippen LogP contribution in [0, 0.1) is 19.8 Å². The number of pyridine rings is 1. The van der Waals surface area contributed by atoms with Gasteiger partial charge in [0.05, 0.1) is 5.69 Å². The molecule has 1 aliphatic heterocycles. The number of hydrogen-bond acceptors (Lipinski definition) is 5. The maximum absolute atomic E-state index is 13.3. The number of rotatable bonds is 4.